The first kappa shape index (κ1) is 21.9. The second-order valence-corrected chi connectivity index (χ2v) is 7.48. The number of aliphatic carboxylic acids is 1. The van der Waals surface area contributed by atoms with E-state index in [0.717, 1.165) is 0 Å². The van der Waals surface area contributed by atoms with Gasteiger partial charge in [-0.25, -0.2) is 14.6 Å². The summed E-state index contributed by atoms with van der Waals surface area (Å²) in [6, 6.07) is 3.36. The monoisotopic (exact) mass is 444 g/mol. The fourth-order valence-electron chi connectivity index (χ4n) is 2.39. The topological polar surface area (TPSA) is 134 Å². The number of nitrogens with one attached hydrogen (secondary N) is 2. The molecule has 0 saturated carbocycles. The van der Waals surface area contributed by atoms with Gasteiger partial charge >= 0.3 is 12.0 Å². The highest BCUT2D eigenvalue weighted by molar-refractivity contribution is 7.13. The van der Waals surface area contributed by atoms with Crippen molar-refractivity contribution < 1.29 is 19.5 Å². The Morgan fingerprint density at radius 1 is 1.25 bits per heavy atom. The lowest BCUT2D eigenvalue weighted by Gasteiger charge is -2.14. The van der Waals surface area contributed by atoms with E-state index in [2.05, 4.69) is 15.6 Å². The predicted molar refractivity (Wildman–Crippen MR) is 108 cm³/mol. The van der Waals surface area contributed by atoms with E-state index < -0.39 is 23.9 Å². The molecule has 0 spiro atoms. The van der Waals surface area contributed by atoms with Crippen molar-refractivity contribution in [3.8, 4) is 10.6 Å². The standard InChI is InChI=1S/C17H18Cl2N4O4S/c18-10-3-1-4-11(19)14(10)15-22-9(8-28-15)7-13(24)23-12(16(25)26)5-2-6-21-17(20)27/h1,3-4,8,12H,2,5-7H2,(H,23,24)(H,25,26)(H3,20,21,27). The first-order chi connectivity index (χ1) is 13.3. The molecule has 150 valence electrons. The molecule has 1 unspecified atom stereocenters. The minimum absolute atomic E-state index is 0.0815. The van der Waals surface area contributed by atoms with Crippen LogP contribution in [0.15, 0.2) is 23.6 Å². The van der Waals surface area contributed by atoms with Crippen LogP contribution in [0.3, 0.4) is 0 Å². The van der Waals surface area contributed by atoms with Gasteiger partial charge in [0, 0.05) is 17.5 Å². The summed E-state index contributed by atoms with van der Waals surface area (Å²) in [5.41, 5.74) is 6.01. The van der Waals surface area contributed by atoms with Gasteiger partial charge in [0.15, 0.2) is 0 Å². The Balaban J connectivity index is 1.96. The number of hydrogen-bond acceptors (Lipinski definition) is 5. The molecule has 11 heteroatoms. The van der Waals surface area contributed by atoms with Gasteiger partial charge in [0.25, 0.3) is 0 Å². The summed E-state index contributed by atoms with van der Waals surface area (Å²) in [6.45, 7) is 0.225. The van der Waals surface area contributed by atoms with Crippen LogP contribution in [0.4, 0.5) is 4.79 Å². The molecule has 0 bridgehead atoms. The molecule has 2 aromatic rings. The van der Waals surface area contributed by atoms with Gasteiger partial charge in [-0.05, 0) is 25.0 Å². The number of nitrogens with two attached hydrogens (primary N) is 1. The van der Waals surface area contributed by atoms with E-state index in [1.807, 2.05) is 0 Å². The molecule has 1 aromatic heterocycles. The lowest BCUT2D eigenvalue weighted by Crippen LogP contribution is -2.42. The predicted octanol–water partition coefficient (Wildman–Crippen LogP) is 2.68. The smallest absolute Gasteiger partial charge is 0.326 e. The number of carbonyl (C=O) groups is 3. The van der Waals surface area contributed by atoms with Crippen LogP contribution >= 0.6 is 34.5 Å². The fraction of sp³-hybridized carbons (Fsp3) is 0.294. The van der Waals surface area contributed by atoms with E-state index in [0.29, 0.717) is 32.7 Å². The number of carboxylic acids is 1. The number of carbonyl (C=O) groups excluding carboxylic acids is 2. The number of carboxylic acid groups (broad SMARTS) is 1. The molecule has 2 rings (SSSR count). The van der Waals surface area contributed by atoms with Crippen molar-refractivity contribution in [2.24, 2.45) is 5.73 Å². The normalized spacial score (nSPS) is 11.6. The molecule has 1 heterocycles. The second-order valence-electron chi connectivity index (χ2n) is 5.81. The van der Waals surface area contributed by atoms with Crippen molar-refractivity contribution in [1.82, 2.24) is 15.6 Å². The van der Waals surface area contributed by atoms with Crippen LogP contribution in [0.5, 0.6) is 0 Å². The van der Waals surface area contributed by atoms with Crippen LogP contribution in [0.2, 0.25) is 10.0 Å². The van der Waals surface area contributed by atoms with E-state index in [1.165, 1.54) is 11.3 Å². The summed E-state index contributed by atoms with van der Waals surface area (Å²) in [4.78, 5) is 38.5. The van der Waals surface area contributed by atoms with E-state index in [1.54, 1.807) is 23.6 Å². The zero-order valence-corrected chi connectivity index (χ0v) is 16.9. The van der Waals surface area contributed by atoms with Crippen LogP contribution in [0.1, 0.15) is 18.5 Å². The van der Waals surface area contributed by atoms with Crippen LogP contribution in [-0.4, -0.2) is 40.6 Å². The minimum atomic E-state index is -1.16. The molecule has 28 heavy (non-hydrogen) atoms. The Bertz CT molecular complexity index is 854. The fourth-order valence-corrected chi connectivity index (χ4v) is 3.97. The van der Waals surface area contributed by atoms with Crippen molar-refractivity contribution in [1.29, 1.82) is 0 Å². The maximum atomic E-state index is 12.2. The number of rotatable bonds is 9. The molecule has 0 fully saturated rings. The highest BCUT2D eigenvalue weighted by Crippen LogP contribution is 2.36. The molecule has 1 aromatic carbocycles. The van der Waals surface area contributed by atoms with Gasteiger partial charge in [0.05, 0.1) is 22.2 Å². The second kappa shape index (κ2) is 10.3. The van der Waals surface area contributed by atoms with Crippen molar-refractivity contribution in [3.05, 3.63) is 39.3 Å². The van der Waals surface area contributed by atoms with Gasteiger partial charge < -0.3 is 21.5 Å². The largest absolute Gasteiger partial charge is 0.480 e. The number of halogens is 2. The summed E-state index contributed by atoms with van der Waals surface area (Å²) in [7, 11) is 0. The summed E-state index contributed by atoms with van der Waals surface area (Å²) in [6.07, 6.45) is 0.423. The highest BCUT2D eigenvalue weighted by Gasteiger charge is 2.20. The van der Waals surface area contributed by atoms with Crippen LogP contribution in [0, 0.1) is 0 Å². The Morgan fingerprint density at radius 2 is 1.93 bits per heavy atom. The zero-order chi connectivity index (χ0) is 20.7. The third kappa shape index (κ3) is 6.36. The summed E-state index contributed by atoms with van der Waals surface area (Å²) < 4.78 is 0. The third-order valence-electron chi connectivity index (χ3n) is 3.67. The van der Waals surface area contributed by atoms with E-state index in [4.69, 9.17) is 28.9 Å². The van der Waals surface area contributed by atoms with Gasteiger partial charge in [-0.3, -0.25) is 4.79 Å². The number of amides is 3. The van der Waals surface area contributed by atoms with Crippen LogP contribution in [0.25, 0.3) is 10.6 Å². The molecule has 0 aliphatic carbocycles. The molecule has 8 nitrogen and oxygen atoms in total. The average molecular weight is 445 g/mol. The third-order valence-corrected chi connectivity index (χ3v) is 5.21. The van der Waals surface area contributed by atoms with Gasteiger partial charge in [0.1, 0.15) is 11.0 Å². The molecule has 0 saturated heterocycles. The molecule has 1 atom stereocenters. The Hall–Kier alpha value is -2.36. The molecule has 3 amide bonds. The number of thiazole rings is 1. The summed E-state index contributed by atoms with van der Waals surface area (Å²) >= 11 is 13.6. The highest BCUT2D eigenvalue weighted by atomic mass is 35.5. The zero-order valence-electron chi connectivity index (χ0n) is 14.6. The first-order valence-electron chi connectivity index (χ1n) is 8.22. The van der Waals surface area contributed by atoms with Gasteiger partial charge in [-0.15, -0.1) is 11.3 Å². The SMILES string of the molecule is NC(=O)NCCCC(NC(=O)Cc1csc(-c2c(Cl)cccc2Cl)n1)C(=O)O. The van der Waals surface area contributed by atoms with E-state index in [9.17, 15) is 19.5 Å². The Morgan fingerprint density at radius 3 is 2.54 bits per heavy atom. The van der Waals surface area contributed by atoms with Gasteiger partial charge in [0.2, 0.25) is 5.91 Å². The average Bonchev–Trinajstić information content (AvgIpc) is 3.04. The van der Waals surface area contributed by atoms with E-state index in [-0.39, 0.29) is 19.4 Å². The Labute approximate surface area is 175 Å². The number of aromatic nitrogens is 1. The lowest BCUT2D eigenvalue weighted by atomic mass is 10.1. The van der Waals surface area contributed by atoms with Crippen molar-refractivity contribution in [2.45, 2.75) is 25.3 Å². The number of hydrogen-bond donors (Lipinski definition) is 4. The molecular weight excluding hydrogens is 427 g/mol. The number of benzene rings is 1. The molecular formula is C17H18Cl2N4O4S. The van der Waals surface area contributed by atoms with E-state index >= 15 is 0 Å². The number of urea groups is 1. The van der Waals surface area contributed by atoms with Crippen molar-refractivity contribution in [3.63, 3.8) is 0 Å². The molecule has 0 aliphatic rings. The summed E-state index contributed by atoms with van der Waals surface area (Å²) in [5.74, 6) is -1.63. The summed E-state index contributed by atoms with van der Waals surface area (Å²) in [5, 5.41) is 17.2. The van der Waals surface area contributed by atoms with Crippen molar-refractivity contribution >= 4 is 52.4 Å². The van der Waals surface area contributed by atoms with Gasteiger partial charge in [-0.1, -0.05) is 29.3 Å². The van der Waals surface area contributed by atoms with Crippen LogP contribution < -0.4 is 16.4 Å². The molecule has 0 aliphatic heterocycles. The lowest BCUT2D eigenvalue weighted by molar-refractivity contribution is -0.141. The molecule has 5 N–H and O–H groups in total. The minimum Gasteiger partial charge on any atom is -0.480 e. The molecule has 0 radical (unpaired) electrons. The van der Waals surface area contributed by atoms with Gasteiger partial charge in [-0.2, -0.15) is 0 Å². The maximum absolute atomic E-state index is 12.2. The van der Waals surface area contributed by atoms with Crippen molar-refractivity contribution in [2.75, 3.05) is 6.54 Å². The number of nitrogens with zero attached hydrogens (tertiary/aromatic N) is 1. The van der Waals surface area contributed by atoms with Crippen LogP contribution in [-0.2, 0) is 16.0 Å². The maximum Gasteiger partial charge on any atom is 0.326 e. The Kier molecular flexibility index (Phi) is 8.04. The quantitative estimate of drug-likeness (QED) is 0.441. The number of primary amides is 1. The first-order valence-corrected chi connectivity index (χ1v) is 9.85.